The Balaban J connectivity index is 1.52. The lowest BCUT2D eigenvalue weighted by Gasteiger charge is -2.29. The van der Waals surface area contributed by atoms with Crippen LogP contribution in [0.4, 0.5) is 0 Å². The molecular formula is C21H23N3O4. The molecule has 3 rings (SSSR count). The van der Waals surface area contributed by atoms with Crippen LogP contribution in [-0.4, -0.2) is 37.3 Å². The summed E-state index contributed by atoms with van der Waals surface area (Å²) in [5.74, 6) is 1.50. The molecule has 0 saturated heterocycles. The van der Waals surface area contributed by atoms with Gasteiger partial charge in [-0.25, -0.2) is 4.98 Å². The summed E-state index contributed by atoms with van der Waals surface area (Å²) in [6.45, 7) is 0. The van der Waals surface area contributed by atoms with Crippen LogP contribution in [-0.2, 0) is 0 Å². The minimum Gasteiger partial charge on any atom is -0.497 e. The van der Waals surface area contributed by atoms with Crippen molar-refractivity contribution >= 4 is 5.91 Å². The number of nitrogens with zero attached hydrogens (tertiary/aromatic N) is 2. The number of hydrogen-bond donors (Lipinski definition) is 1. The first-order chi connectivity index (χ1) is 13.6. The monoisotopic (exact) mass is 381 g/mol. The first-order valence-electron chi connectivity index (χ1n) is 9.18. The fourth-order valence-electron chi connectivity index (χ4n) is 3.26. The third-order valence-electron chi connectivity index (χ3n) is 4.82. The number of rotatable bonds is 6. The standard InChI is InChI=1S/C21H23N3O4/c1-26-17-8-9-18(19(11-17)27-2)21(25)24-15-4-6-16(7-5-15)28-20-10-3-14(12-22)13-23-20/h3,8-11,13,15-16H,4-7H2,1-2H3,(H,24,25). The van der Waals surface area contributed by atoms with Gasteiger partial charge in [0.1, 0.15) is 23.7 Å². The molecule has 1 amide bonds. The number of ether oxygens (including phenoxy) is 3. The van der Waals surface area contributed by atoms with E-state index in [-0.39, 0.29) is 18.1 Å². The SMILES string of the molecule is COc1ccc(C(=O)NC2CCC(Oc3ccc(C#N)cn3)CC2)c(OC)c1. The van der Waals surface area contributed by atoms with Crippen LogP contribution in [0.3, 0.4) is 0 Å². The predicted molar refractivity (Wildman–Crippen MR) is 103 cm³/mol. The lowest BCUT2D eigenvalue weighted by molar-refractivity contribution is 0.0887. The van der Waals surface area contributed by atoms with Crippen molar-refractivity contribution in [2.24, 2.45) is 0 Å². The fraction of sp³-hybridized carbons (Fsp3) is 0.381. The van der Waals surface area contributed by atoms with Crippen molar-refractivity contribution in [2.45, 2.75) is 37.8 Å². The molecule has 0 spiro atoms. The first kappa shape index (κ1) is 19.5. The van der Waals surface area contributed by atoms with Gasteiger partial charge in [0, 0.05) is 24.4 Å². The Morgan fingerprint density at radius 3 is 2.54 bits per heavy atom. The number of carbonyl (C=O) groups excluding carboxylic acids is 1. The van der Waals surface area contributed by atoms with Gasteiger partial charge in [0.05, 0.1) is 25.3 Å². The van der Waals surface area contributed by atoms with Gasteiger partial charge >= 0.3 is 0 Å². The Morgan fingerprint density at radius 2 is 1.93 bits per heavy atom. The smallest absolute Gasteiger partial charge is 0.255 e. The van der Waals surface area contributed by atoms with Crippen molar-refractivity contribution < 1.29 is 19.0 Å². The molecule has 1 aromatic carbocycles. The first-order valence-corrected chi connectivity index (χ1v) is 9.18. The van der Waals surface area contributed by atoms with Crippen molar-refractivity contribution in [1.82, 2.24) is 10.3 Å². The molecule has 1 saturated carbocycles. The molecule has 2 aromatic rings. The number of carbonyl (C=O) groups is 1. The second-order valence-corrected chi connectivity index (χ2v) is 6.63. The highest BCUT2D eigenvalue weighted by Crippen LogP contribution is 2.26. The van der Waals surface area contributed by atoms with Crippen molar-refractivity contribution in [1.29, 1.82) is 5.26 Å². The summed E-state index contributed by atoms with van der Waals surface area (Å²) in [6.07, 6.45) is 4.86. The molecule has 28 heavy (non-hydrogen) atoms. The van der Waals surface area contributed by atoms with E-state index in [1.54, 1.807) is 37.4 Å². The summed E-state index contributed by atoms with van der Waals surface area (Å²) >= 11 is 0. The van der Waals surface area contributed by atoms with Crippen LogP contribution < -0.4 is 19.5 Å². The second kappa shape index (κ2) is 9.09. The zero-order valence-corrected chi connectivity index (χ0v) is 16.0. The van der Waals surface area contributed by atoms with E-state index < -0.39 is 0 Å². The van der Waals surface area contributed by atoms with Gasteiger partial charge in [0.2, 0.25) is 5.88 Å². The Kier molecular flexibility index (Phi) is 6.33. The van der Waals surface area contributed by atoms with Crippen molar-refractivity contribution in [3.63, 3.8) is 0 Å². The van der Waals surface area contributed by atoms with E-state index in [2.05, 4.69) is 10.3 Å². The van der Waals surface area contributed by atoms with E-state index in [9.17, 15) is 4.79 Å². The molecular weight excluding hydrogens is 358 g/mol. The topological polar surface area (TPSA) is 93.5 Å². The molecule has 1 aliphatic carbocycles. The molecule has 146 valence electrons. The summed E-state index contributed by atoms with van der Waals surface area (Å²) in [5, 5.41) is 11.9. The summed E-state index contributed by atoms with van der Waals surface area (Å²) < 4.78 is 16.4. The molecule has 7 nitrogen and oxygen atoms in total. The maximum atomic E-state index is 12.6. The summed E-state index contributed by atoms with van der Waals surface area (Å²) in [7, 11) is 3.10. The average molecular weight is 381 g/mol. The summed E-state index contributed by atoms with van der Waals surface area (Å²) in [5.41, 5.74) is 0.996. The molecule has 0 unspecified atom stereocenters. The zero-order valence-electron chi connectivity index (χ0n) is 16.0. The molecule has 1 N–H and O–H groups in total. The maximum Gasteiger partial charge on any atom is 0.255 e. The second-order valence-electron chi connectivity index (χ2n) is 6.63. The minimum absolute atomic E-state index is 0.0594. The van der Waals surface area contributed by atoms with Crippen LogP contribution in [0.2, 0.25) is 0 Å². The number of pyridine rings is 1. The Morgan fingerprint density at radius 1 is 1.14 bits per heavy atom. The van der Waals surface area contributed by atoms with E-state index in [0.29, 0.717) is 28.5 Å². The Hall–Kier alpha value is -3.27. The number of nitriles is 1. The molecule has 1 aliphatic rings. The van der Waals surface area contributed by atoms with Crippen molar-refractivity contribution in [3.8, 4) is 23.4 Å². The van der Waals surface area contributed by atoms with Crippen LogP contribution in [0.15, 0.2) is 36.5 Å². The fourth-order valence-corrected chi connectivity index (χ4v) is 3.26. The van der Waals surface area contributed by atoms with Crippen molar-refractivity contribution in [3.05, 3.63) is 47.7 Å². The zero-order chi connectivity index (χ0) is 19.9. The molecule has 7 heteroatoms. The molecule has 1 fully saturated rings. The van der Waals surface area contributed by atoms with Crippen LogP contribution in [0.5, 0.6) is 17.4 Å². The molecule has 0 bridgehead atoms. The van der Waals surface area contributed by atoms with Crippen LogP contribution in [0, 0.1) is 11.3 Å². The lowest BCUT2D eigenvalue weighted by atomic mass is 9.92. The van der Waals surface area contributed by atoms with Gasteiger partial charge in [-0.3, -0.25) is 4.79 Å². The largest absolute Gasteiger partial charge is 0.497 e. The Bertz CT molecular complexity index is 853. The molecule has 0 aliphatic heterocycles. The number of amides is 1. The molecule has 0 radical (unpaired) electrons. The van der Waals surface area contributed by atoms with E-state index in [1.807, 2.05) is 6.07 Å². The number of methoxy groups -OCH3 is 2. The highest BCUT2D eigenvalue weighted by molar-refractivity contribution is 5.97. The van der Waals surface area contributed by atoms with Gasteiger partial charge in [0.15, 0.2) is 0 Å². The van der Waals surface area contributed by atoms with Crippen molar-refractivity contribution in [2.75, 3.05) is 14.2 Å². The minimum atomic E-state index is -0.155. The highest BCUT2D eigenvalue weighted by atomic mass is 16.5. The van der Waals surface area contributed by atoms with E-state index >= 15 is 0 Å². The number of benzene rings is 1. The third-order valence-corrected chi connectivity index (χ3v) is 4.82. The molecule has 1 heterocycles. The van der Waals surface area contributed by atoms with Gasteiger partial charge in [-0.2, -0.15) is 5.26 Å². The van der Waals surface area contributed by atoms with Crippen LogP contribution in [0.25, 0.3) is 0 Å². The average Bonchev–Trinajstić information content (AvgIpc) is 2.75. The number of aromatic nitrogens is 1. The Labute approximate surface area is 164 Å². The van der Waals surface area contributed by atoms with Crippen LogP contribution >= 0.6 is 0 Å². The van der Waals surface area contributed by atoms with E-state index in [1.165, 1.54) is 13.3 Å². The predicted octanol–water partition coefficient (Wildman–Crippen LogP) is 3.09. The third kappa shape index (κ3) is 4.71. The van der Waals surface area contributed by atoms with Gasteiger partial charge < -0.3 is 19.5 Å². The van der Waals surface area contributed by atoms with E-state index in [0.717, 1.165) is 25.7 Å². The number of hydrogen-bond acceptors (Lipinski definition) is 6. The quantitative estimate of drug-likeness (QED) is 0.826. The highest BCUT2D eigenvalue weighted by Gasteiger charge is 2.25. The van der Waals surface area contributed by atoms with E-state index in [4.69, 9.17) is 19.5 Å². The summed E-state index contributed by atoms with van der Waals surface area (Å²) in [6, 6.07) is 10.7. The van der Waals surface area contributed by atoms with Crippen LogP contribution in [0.1, 0.15) is 41.6 Å². The lowest BCUT2D eigenvalue weighted by Crippen LogP contribution is -2.39. The molecule has 0 atom stereocenters. The van der Waals surface area contributed by atoms with Gasteiger partial charge in [-0.1, -0.05) is 0 Å². The van der Waals surface area contributed by atoms with Gasteiger partial charge in [0.25, 0.3) is 5.91 Å². The molecule has 1 aromatic heterocycles. The normalized spacial score (nSPS) is 18.6. The maximum absolute atomic E-state index is 12.6. The number of nitrogens with one attached hydrogen (secondary N) is 1. The van der Waals surface area contributed by atoms with Gasteiger partial charge in [-0.15, -0.1) is 0 Å². The van der Waals surface area contributed by atoms with Gasteiger partial charge in [-0.05, 0) is 43.9 Å². The summed E-state index contributed by atoms with van der Waals surface area (Å²) in [4.78, 5) is 16.8.